The summed E-state index contributed by atoms with van der Waals surface area (Å²) in [6.45, 7) is 12.5. The van der Waals surface area contributed by atoms with Crippen molar-refractivity contribution in [2.45, 2.75) is 60.2 Å². The summed E-state index contributed by atoms with van der Waals surface area (Å²) in [6.07, 6.45) is 0.778. The number of carbonyl (C=O) groups excluding carboxylic acids is 2. The van der Waals surface area contributed by atoms with Crippen LogP contribution in [0, 0.1) is 6.92 Å². The number of thiophene rings is 1. The predicted molar refractivity (Wildman–Crippen MR) is 110 cm³/mol. The Kier molecular flexibility index (Phi) is 6.20. The number of amides is 1. The van der Waals surface area contributed by atoms with Crippen molar-refractivity contribution in [3.05, 3.63) is 33.5 Å². The van der Waals surface area contributed by atoms with E-state index < -0.39 is 0 Å². The Hall–Kier alpha value is -2.19. The van der Waals surface area contributed by atoms with Gasteiger partial charge < -0.3 is 10.1 Å². The summed E-state index contributed by atoms with van der Waals surface area (Å²) < 4.78 is 6.96. The molecule has 8 heteroatoms. The van der Waals surface area contributed by atoms with E-state index in [1.165, 1.54) is 11.3 Å². The molecule has 3 rings (SSSR count). The predicted octanol–water partition coefficient (Wildman–Crippen LogP) is 3.47. The highest BCUT2D eigenvalue weighted by atomic mass is 32.1. The molecule has 0 aromatic carbocycles. The topological polar surface area (TPSA) is 76.5 Å². The molecule has 1 N–H and O–H groups in total. The van der Waals surface area contributed by atoms with Crippen molar-refractivity contribution >= 4 is 28.2 Å². The summed E-state index contributed by atoms with van der Waals surface area (Å²) in [6, 6.07) is 2.19. The molecule has 7 nitrogen and oxygen atoms in total. The maximum atomic E-state index is 12.9. The van der Waals surface area contributed by atoms with Crippen LogP contribution in [0.25, 0.3) is 0 Å². The van der Waals surface area contributed by atoms with Crippen molar-refractivity contribution in [1.29, 1.82) is 0 Å². The third kappa shape index (κ3) is 3.98. The fourth-order valence-electron chi connectivity index (χ4n) is 3.51. The Morgan fingerprint density at radius 3 is 2.75 bits per heavy atom. The number of esters is 1. The minimum atomic E-state index is -0.367. The van der Waals surface area contributed by atoms with Crippen LogP contribution in [0.1, 0.15) is 64.7 Å². The van der Waals surface area contributed by atoms with Crippen LogP contribution < -0.4 is 5.32 Å². The standard InChI is InChI=1S/C20H28N4O3S/c1-6-24-15(10-13(5)22-24)18(25)21-19-17(20(26)27-7-2)14-8-9-23(12(3)4)11-16(14)28-19/h10,12H,6-9,11H2,1-5H3,(H,21,25). The van der Waals surface area contributed by atoms with Crippen LogP contribution in [0.15, 0.2) is 6.07 Å². The van der Waals surface area contributed by atoms with E-state index in [0.29, 0.717) is 35.5 Å². The second-order valence-electron chi connectivity index (χ2n) is 7.18. The molecular weight excluding hydrogens is 376 g/mol. The van der Waals surface area contributed by atoms with Crippen molar-refractivity contribution in [3.63, 3.8) is 0 Å². The highest BCUT2D eigenvalue weighted by Crippen LogP contribution is 2.38. The van der Waals surface area contributed by atoms with E-state index in [0.717, 1.165) is 35.6 Å². The van der Waals surface area contributed by atoms with Gasteiger partial charge in [0.05, 0.1) is 17.9 Å². The van der Waals surface area contributed by atoms with Crippen molar-refractivity contribution in [3.8, 4) is 0 Å². The van der Waals surface area contributed by atoms with Crippen molar-refractivity contribution in [1.82, 2.24) is 14.7 Å². The molecule has 0 fully saturated rings. The lowest BCUT2D eigenvalue weighted by Crippen LogP contribution is -2.35. The summed E-state index contributed by atoms with van der Waals surface area (Å²) in [5.74, 6) is -0.624. The number of carbonyl (C=O) groups is 2. The monoisotopic (exact) mass is 404 g/mol. The first-order valence-corrected chi connectivity index (χ1v) is 10.6. The SMILES string of the molecule is CCOC(=O)c1c(NC(=O)c2cc(C)nn2CC)sc2c1CCN(C(C)C)C2. The number of hydrogen-bond acceptors (Lipinski definition) is 6. The van der Waals surface area contributed by atoms with Gasteiger partial charge in [-0.2, -0.15) is 5.10 Å². The van der Waals surface area contributed by atoms with E-state index >= 15 is 0 Å². The first-order chi connectivity index (χ1) is 13.3. The molecule has 0 unspecified atom stereocenters. The Morgan fingerprint density at radius 2 is 2.11 bits per heavy atom. The lowest BCUT2D eigenvalue weighted by molar-refractivity contribution is 0.0526. The number of aryl methyl sites for hydroxylation is 2. The molecule has 0 aliphatic carbocycles. The second-order valence-corrected chi connectivity index (χ2v) is 8.29. The molecule has 0 bridgehead atoms. The summed E-state index contributed by atoms with van der Waals surface area (Å²) in [4.78, 5) is 29.1. The van der Waals surface area contributed by atoms with Crippen molar-refractivity contribution in [2.24, 2.45) is 0 Å². The van der Waals surface area contributed by atoms with E-state index in [-0.39, 0.29) is 11.9 Å². The Bertz CT molecular complexity index is 884. The van der Waals surface area contributed by atoms with Crippen LogP contribution in [0.5, 0.6) is 0 Å². The molecule has 1 aliphatic rings. The number of anilines is 1. The zero-order chi connectivity index (χ0) is 20.4. The summed E-state index contributed by atoms with van der Waals surface area (Å²) in [7, 11) is 0. The second kappa shape index (κ2) is 8.45. The molecule has 2 aromatic rings. The fraction of sp³-hybridized carbons (Fsp3) is 0.550. The molecule has 0 saturated heterocycles. The van der Waals surface area contributed by atoms with E-state index in [9.17, 15) is 9.59 Å². The van der Waals surface area contributed by atoms with Gasteiger partial charge in [-0.15, -0.1) is 11.3 Å². The largest absolute Gasteiger partial charge is 0.462 e. The quantitative estimate of drug-likeness (QED) is 0.746. The molecule has 0 spiro atoms. The van der Waals surface area contributed by atoms with Crippen LogP contribution in [0.3, 0.4) is 0 Å². The molecule has 2 aromatic heterocycles. The highest BCUT2D eigenvalue weighted by molar-refractivity contribution is 7.17. The summed E-state index contributed by atoms with van der Waals surface area (Å²) >= 11 is 1.48. The summed E-state index contributed by atoms with van der Waals surface area (Å²) in [5.41, 5.74) is 2.80. The average molecular weight is 405 g/mol. The van der Waals surface area contributed by atoms with Crippen molar-refractivity contribution < 1.29 is 14.3 Å². The number of ether oxygens (including phenoxy) is 1. The number of rotatable bonds is 6. The van der Waals surface area contributed by atoms with Gasteiger partial charge in [-0.25, -0.2) is 4.79 Å². The third-order valence-corrected chi connectivity index (χ3v) is 6.09. The summed E-state index contributed by atoms with van der Waals surface area (Å²) in [5, 5.41) is 7.86. The number of aromatic nitrogens is 2. The average Bonchev–Trinajstić information content (AvgIpc) is 3.20. The molecule has 1 aliphatic heterocycles. The Labute approximate surface area is 169 Å². The van der Waals surface area contributed by atoms with Gasteiger partial charge in [0, 0.05) is 30.6 Å². The number of fused-ring (bicyclic) bond motifs is 1. The van der Waals surface area contributed by atoms with Gasteiger partial charge in [0.1, 0.15) is 10.7 Å². The number of nitrogens with one attached hydrogen (secondary N) is 1. The minimum absolute atomic E-state index is 0.257. The Balaban J connectivity index is 1.95. The minimum Gasteiger partial charge on any atom is -0.462 e. The maximum Gasteiger partial charge on any atom is 0.341 e. The first kappa shape index (κ1) is 20.5. The van der Waals surface area contributed by atoms with E-state index in [1.54, 1.807) is 17.7 Å². The van der Waals surface area contributed by atoms with Crippen LogP contribution in [0.4, 0.5) is 5.00 Å². The molecule has 0 atom stereocenters. The van der Waals surface area contributed by atoms with Crippen molar-refractivity contribution in [2.75, 3.05) is 18.5 Å². The van der Waals surface area contributed by atoms with Gasteiger partial charge in [-0.3, -0.25) is 14.4 Å². The van der Waals surface area contributed by atoms with E-state index in [4.69, 9.17) is 4.74 Å². The van der Waals surface area contributed by atoms with Gasteiger partial charge in [0.2, 0.25) is 0 Å². The number of nitrogens with zero attached hydrogens (tertiary/aromatic N) is 3. The molecule has 3 heterocycles. The van der Waals surface area contributed by atoms with Crippen LogP contribution in [-0.2, 0) is 24.2 Å². The molecular formula is C20H28N4O3S. The van der Waals surface area contributed by atoms with Crippen LogP contribution in [0.2, 0.25) is 0 Å². The van der Waals surface area contributed by atoms with Gasteiger partial charge in [-0.05, 0) is 52.7 Å². The highest BCUT2D eigenvalue weighted by Gasteiger charge is 2.30. The van der Waals surface area contributed by atoms with E-state index in [2.05, 4.69) is 29.2 Å². The van der Waals surface area contributed by atoms with Crippen LogP contribution in [-0.4, -0.2) is 45.8 Å². The zero-order valence-electron chi connectivity index (χ0n) is 17.2. The van der Waals surface area contributed by atoms with Gasteiger partial charge in [-0.1, -0.05) is 0 Å². The normalized spacial score (nSPS) is 14.2. The smallest absolute Gasteiger partial charge is 0.341 e. The Morgan fingerprint density at radius 1 is 1.36 bits per heavy atom. The van der Waals surface area contributed by atoms with Gasteiger partial charge in [0.15, 0.2) is 0 Å². The van der Waals surface area contributed by atoms with Crippen LogP contribution >= 0.6 is 11.3 Å². The molecule has 1 amide bonds. The van der Waals surface area contributed by atoms with Gasteiger partial charge in [0.25, 0.3) is 5.91 Å². The molecule has 0 saturated carbocycles. The van der Waals surface area contributed by atoms with E-state index in [1.807, 2.05) is 13.8 Å². The molecule has 0 radical (unpaired) electrons. The zero-order valence-corrected chi connectivity index (χ0v) is 18.0. The third-order valence-electron chi connectivity index (χ3n) is 4.96. The number of hydrogen-bond donors (Lipinski definition) is 1. The lowest BCUT2D eigenvalue weighted by atomic mass is 10.0. The fourth-order valence-corrected chi connectivity index (χ4v) is 4.76. The maximum absolute atomic E-state index is 12.9. The first-order valence-electron chi connectivity index (χ1n) is 9.77. The lowest BCUT2D eigenvalue weighted by Gasteiger charge is -2.30. The molecule has 152 valence electrons. The molecule has 28 heavy (non-hydrogen) atoms. The van der Waals surface area contributed by atoms with Gasteiger partial charge >= 0.3 is 5.97 Å².